The average molecular weight is 330 g/mol. The van der Waals surface area contributed by atoms with E-state index in [0.717, 1.165) is 69.8 Å². The number of aliphatic hydroxyl groups is 1. The van der Waals surface area contributed by atoms with Gasteiger partial charge in [-0.25, -0.2) is 0 Å². The van der Waals surface area contributed by atoms with Crippen LogP contribution in [-0.4, -0.2) is 65.7 Å². The lowest BCUT2D eigenvalue weighted by Crippen LogP contribution is -2.53. The van der Waals surface area contributed by atoms with Crippen LogP contribution >= 0.6 is 0 Å². The Morgan fingerprint density at radius 1 is 1.21 bits per heavy atom. The molecule has 3 aliphatic rings. The van der Waals surface area contributed by atoms with Crippen molar-refractivity contribution in [1.29, 1.82) is 0 Å². The molecule has 5 heteroatoms. The van der Waals surface area contributed by atoms with Crippen LogP contribution in [-0.2, 0) is 17.6 Å². The molecule has 1 saturated heterocycles. The van der Waals surface area contributed by atoms with Gasteiger partial charge in [0.2, 0.25) is 5.91 Å². The summed E-state index contributed by atoms with van der Waals surface area (Å²) in [5.74, 6) is 1.18. The smallest absolute Gasteiger partial charge is 0.227 e. The summed E-state index contributed by atoms with van der Waals surface area (Å²) in [6.45, 7) is 4.06. The number of benzene rings is 1. The number of aliphatic hydroxyl groups excluding tert-OH is 1. The second-order valence-electron chi connectivity index (χ2n) is 7.20. The molecule has 0 radical (unpaired) electrons. The zero-order valence-corrected chi connectivity index (χ0v) is 14.1. The number of piperazine rings is 1. The predicted octanol–water partition coefficient (Wildman–Crippen LogP) is 1.22. The van der Waals surface area contributed by atoms with E-state index in [-0.39, 0.29) is 12.0 Å². The lowest BCUT2D eigenvalue weighted by Gasteiger charge is -2.39. The van der Waals surface area contributed by atoms with Crippen LogP contribution in [0.4, 0.5) is 0 Å². The first-order chi connectivity index (χ1) is 11.7. The molecule has 1 N–H and O–H groups in total. The number of hydrogen-bond donors (Lipinski definition) is 1. The van der Waals surface area contributed by atoms with Gasteiger partial charge in [0.15, 0.2) is 0 Å². The Balaban J connectivity index is 1.31. The summed E-state index contributed by atoms with van der Waals surface area (Å²) in [6.07, 6.45) is 4.37. The largest absolute Gasteiger partial charge is 0.493 e. The molecule has 2 heterocycles. The highest BCUT2D eigenvalue weighted by molar-refractivity contribution is 5.79. The number of nitrogens with zero attached hydrogens (tertiary/aromatic N) is 2. The molecule has 1 aliphatic carbocycles. The fraction of sp³-hybridized carbons (Fsp3) is 0.632. The van der Waals surface area contributed by atoms with Gasteiger partial charge in [-0.15, -0.1) is 0 Å². The van der Waals surface area contributed by atoms with Crippen molar-refractivity contribution in [3.8, 4) is 5.75 Å². The van der Waals surface area contributed by atoms with Gasteiger partial charge in [-0.2, -0.15) is 0 Å². The van der Waals surface area contributed by atoms with Gasteiger partial charge in [0.25, 0.3) is 0 Å². The van der Waals surface area contributed by atoms with Crippen LogP contribution in [0.5, 0.6) is 5.75 Å². The quantitative estimate of drug-likeness (QED) is 0.905. The molecule has 2 atom stereocenters. The Labute approximate surface area is 143 Å². The summed E-state index contributed by atoms with van der Waals surface area (Å²) in [6, 6.07) is 6.42. The minimum atomic E-state index is -0.180. The lowest BCUT2D eigenvalue weighted by molar-refractivity contribution is -0.132. The van der Waals surface area contributed by atoms with Crippen LogP contribution in [0.25, 0.3) is 0 Å². The van der Waals surface area contributed by atoms with E-state index in [2.05, 4.69) is 11.0 Å². The number of amides is 1. The Hall–Kier alpha value is -1.59. The summed E-state index contributed by atoms with van der Waals surface area (Å²) >= 11 is 0. The van der Waals surface area contributed by atoms with E-state index in [4.69, 9.17) is 4.74 Å². The first-order valence-corrected chi connectivity index (χ1v) is 9.15. The number of ether oxygens (including phenoxy) is 1. The molecule has 1 saturated carbocycles. The third-order valence-electron chi connectivity index (χ3n) is 5.69. The van der Waals surface area contributed by atoms with Gasteiger partial charge >= 0.3 is 0 Å². The zero-order valence-electron chi connectivity index (χ0n) is 14.1. The van der Waals surface area contributed by atoms with Crippen LogP contribution in [0, 0.1) is 0 Å². The third-order valence-corrected chi connectivity index (χ3v) is 5.69. The van der Waals surface area contributed by atoms with Crippen molar-refractivity contribution in [2.24, 2.45) is 0 Å². The number of fused-ring (bicyclic) bond motifs is 1. The molecule has 1 amide bonds. The standard InChI is InChI=1S/C19H26N2O3/c22-17-3-1-2-16(17)20-7-9-21(10-8-20)19(23)13-14-4-5-18-15(12-14)6-11-24-18/h4-5,12,16-17,22H,1-3,6-11,13H2/t16-,17-/m1/s1. The summed E-state index contributed by atoms with van der Waals surface area (Å²) in [5.41, 5.74) is 2.30. The molecule has 4 rings (SSSR count). The first kappa shape index (κ1) is 15.9. The topological polar surface area (TPSA) is 53.0 Å². The van der Waals surface area contributed by atoms with E-state index in [9.17, 15) is 9.90 Å². The molecule has 2 aliphatic heterocycles. The van der Waals surface area contributed by atoms with Crippen molar-refractivity contribution in [2.75, 3.05) is 32.8 Å². The van der Waals surface area contributed by atoms with Gasteiger partial charge in [0.1, 0.15) is 5.75 Å². The summed E-state index contributed by atoms with van der Waals surface area (Å²) in [5, 5.41) is 10.1. The van der Waals surface area contributed by atoms with Crippen molar-refractivity contribution in [1.82, 2.24) is 9.80 Å². The summed E-state index contributed by atoms with van der Waals surface area (Å²) < 4.78 is 5.52. The molecule has 1 aromatic carbocycles. The van der Waals surface area contributed by atoms with E-state index in [0.29, 0.717) is 12.5 Å². The Morgan fingerprint density at radius 3 is 2.79 bits per heavy atom. The van der Waals surface area contributed by atoms with Gasteiger partial charge < -0.3 is 14.7 Å². The van der Waals surface area contributed by atoms with Crippen LogP contribution in [0.1, 0.15) is 30.4 Å². The molecule has 0 unspecified atom stereocenters. The second kappa shape index (κ2) is 6.73. The maximum Gasteiger partial charge on any atom is 0.227 e. The Kier molecular flexibility index (Phi) is 4.46. The number of hydrogen-bond acceptors (Lipinski definition) is 4. The highest BCUT2D eigenvalue weighted by atomic mass is 16.5. The molecule has 1 aromatic rings. The SMILES string of the molecule is O=C(Cc1ccc2c(c1)CCO2)N1CCN([C@@H]2CCC[C@H]2O)CC1. The van der Waals surface area contributed by atoms with E-state index in [1.807, 2.05) is 17.0 Å². The Morgan fingerprint density at radius 2 is 2.04 bits per heavy atom. The van der Waals surface area contributed by atoms with Crippen LogP contribution < -0.4 is 4.74 Å². The lowest BCUT2D eigenvalue weighted by atomic mass is 10.1. The first-order valence-electron chi connectivity index (χ1n) is 9.15. The minimum Gasteiger partial charge on any atom is -0.493 e. The van der Waals surface area contributed by atoms with Gasteiger partial charge in [0.05, 0.1) is 19.1 Å². The maximum absolute atomic E-state index is 12.6. The number of carbonyl (C=O) groups excluding carboxylic acids is 1. The van der Waals surface area contributed by atoms with E-state index in [1.165, 1.54) is 5.56 Å². The van der Waals surface area contributed by atoms with Gasteiger partial charge in [-0.1, -0.05) is 12.1 Å². The van der Waals surface area contributed by atoms with Gasteiger partial charge in [0, 0.05) is 38.6 Å². The zero-order chi connectivity index (χ0) is 16.5. The maximum atomic E-state index is 12.6. The second-order valence-corrected chi connectivity index (χ2v) is 7.20. The molecule has 0 spiro atoms. The van der Waals surface area contributed by atoms with Crippen molar-refractivity contribution in [2.45, 2.75) is 44.2 Å². The molecule has 0 aromatic heterocycles. The Bertz CT molecular complexity index is 611. The third kappa shape index (κ3) is 3.15. The summed E-state index contributed by atoms with van der Waals surface area (Å²) in [7, 11) is 0. The molecule has 24 heavy (non-hydrogen) atoms. The average Bonchev–Trinajstić information content (AvgIpc) is 3.23. The fourth-order valence-electron chi connectivity index (χ4n) is 4.29. The molecule has 130 valence electrons. The van der Waals surface area contributed by atoms with Gasteiger partial charge in [-0.3, -0.25) is 9.69 Å². The van der Waals surface area contributed by atoms with Crippen molar-refractivity contribution < 1.29 is 14.6 Å². The van der Waals surface area contributed by atoms with Gasteiger partial charge in [-0.05, 0) is 36.5 Å². The van der Waals surface area contributed by atoms with Crippen LogP contribution in [0.15, 0.2) is 18.2 Å². The molecular formula is C19H26N2O3. The molecule has 2 fully saturated rings. The van der Waals surface area contributed by atoms with Crippen molar-refractivity contribution in [3.05, 3.63) is 29.3 Å². The summed E-state index contributed by atoms with van der Waals surface area (Å²) in [4.78, 5) is 16.9. The van der Waals surface area contributed by atoms with E-state index >= 15 is 0 Å². The predicted molar refractivity (Wildman–Crippen MR) is 91.1 cm³/mol. The van der Waals surface area contributed by atoms with Crippen molar-refractivity contribution in [3.63, 3.8) is 0 Å². The minimum absolute atomic E-state index is 0.180. The van der Waals surface area contributed by atoms with Crippen LogP contribution in [0.3, 0.4) is 0 Å². The van der Waals surface area contributed by atoms with E-state index < -0.39 is 0 Å². The normalized spacial score (nSPS) is 27.1. The fourth-order valence-corrected chi connectivity index (χ4v) is 4.29. The van der Waals surface area contributed by atoms with Crippen LogP contribution in [0.2, 0.25) is 0 Å². The highest BCUT2D eigenvalue weighted by Gasteiger charge is 2.33. The number of rotatable bonds is 3. The van der Waals surface area contributed by atoms with Crippen molar-refractivity contribution >= 4 is 5.91 Å². The van der Waals surface area contributed by atoms with E-state index in [1.54, 1.807) is 0 Å². The molecule has 5 nitrogen and oxygen atoms in total. The molecule has 0 bridgehead atoms. The molecular weight excluding hydrogens is 304 g/mol. The monoisotopic (exact) mass is 330 g/mol. The highest BCUT2D eigenvalue weighted by Crippen LogP contribution is 2.27. The number of carbonyl (C=O) groups is 1.